The Labute approximate surface area is 120 Å². The van der Waals surface area contributed by atoms with Crippen LogP contribution in [0.4, 0.5) is 10.6 Å². The SMILES string of the molecule is CC/C(C)=C/NC(=O)N1CCN(c2ccccn2)CC1. The lowest BCUT2D eigenvalue weighted by atomic mass is 10.2. The minimum Gasteiger partial charge on any atom is -0.353 e. The van der Waals surface area contributed by atoms with Crippen LogP contribution in [0.5, 0.6) is 0 Å². The number of pyridine rings is 1. The molecule has 2 rings (SSSR count). The summed E-state index contributed by atoms with van der Waals surface area (Å²) in [5.74, 6) is 0.981. The average Bonchev–Trinajstić information content (AvgIpc) is 2.53. The zero-order valence-electron chi connectivity index (χ0n) is 12.2. The standard InChI is InChI=1S/C15H22N4O/c1-3-13(2)12-17-15(20)19-10-8-18(9-11-19)14-6-4-5-7-16-14/h4-7,12H,3,8-11H2,1-2H3,(H,17,20)/b13-12+. The first-order valence-electron chi connectivity index (χ1n) is 7.07. The van der Waals surface area contributed by atoms with Gasteiger partial charge in [0, 0.05) is 38.6 Å². The highest BCUT2D eigenvalue weighted by Crippen LogP contribution is 2.12. The summed E-state index contributed by atoms with van der Waals surface area (Å²) < 4.78 is 0. The molecule has 5 heteroatoms. The molecular formula is C15H22N4O. The molecule has 0 saturated carbocycles. The van der Waals surface area contributed by atoms with E-state index in [0.29, 0.717) is 0 Å². The molecule has 1 saturated heterocycles. The molecule has 1 aromatic rings. The smallest absolute Gasteiger partial charge is 0.321 e. The van der Waals surface area contributed by atoms with Crippen molar-refractivity contribution < 1.29 is 4.79 Å². The minimum atomic E-state index is -0.0153. The lowest BCUT2D eigenvalue weighted by molar-refractivity contribution is 0.198. The number of carbonyl (C=O) groups is 1. The van der Waals surface area contributed by atoms with Gasteiger partial charge < -0.3 is 15.1 Å². The van der Waals surface area contributed by atoms with E-state index in [-0.39, 0.29) is 6.03 Å². The maximum absolute atomic E-state index is 12.0. The van der Waals surface area contributed by atoms with Crippen LogP contribution < -0.4 is 10.2 Å². The van der Waals surface area contributed by atoms with E-state index in [2.05, 4.69) is 22.1 Å². The number of aromatic nitrogens is 1. The molecule has 1 aromatic heterocycles. The number of hydrogen-bond donors (Lipinski definition) is 1. The largest absolute Gasteiger partial charge is 0.353 e. The van der Waals surface area contributed by atoms with Gasteiger partial charge in [-0.05, 0) is 25.5 Å². The molecule has 1 fully saturated rings. The lowest BCUT2D eigenvalue weighted by Gasteiger charge is -2.35. The minimum absolute atomic E-state index is 0.0153. The molecule has 0 aromatic carbocycles. The molecule has 2 heterocycles. The molecule has 0 unspecified atom stereocenters. The van der Waals surface area contributed by atoms with Gasteiger partial charge in [-0.3, -0.25) is 0 Å². The van der Waals surface area contributed by atoms with Gasteiger partial charge in [-0.25, -0.2) is 9.78 Å². The van der Waals surface area contributed by atoms with Gasteiger partial charge in [0.2, 0.25) is 0 Å². The second kappa shape index (κ2) is 6.93. The van der Waals surface area contributed by atoms with E-state index in [1.165, 1.54) is 5.57 Å². The monoisotopic (exact) mass is 274 g/mol. The summed E-state index contributed by atoms with van der Waals surface area (Å²) in [6.07, 6.45) is 4.55. The molecule has 5 nitrogen and oxygen atoms in total. The van der Waals surface area contributed by atoms with Gasteiger partial charge >= 0.3 is 6.03 Å². The molecule has 1 N–H and O–H groups in total. The van der Waals surface area contributed by atoms with Crippen molar-refractivity contribution in [2.24, 2.45) is 0 Å². The first-order chi connectivity index (χ1) is 9.70. The summed E-state index contributed by atoms with van der Waals surface area (Å²) in [5, 5.41) is 2.85. The third-order valence-electron chi connectivity index (χ3n) is 3.54. The van der Waals surface area contributed by atoms with E-state index in [1.807, 2.05) is 30.0 Å². The van der Waals surface area contributed by atoms with Crippen molar-refractivity contribution in [2.45, 2.75) is 20.3 Å². The molecule has 20 heavy (non-hydrogen) atoms. The molecule has 1 aliphatic rings. The maximum atomic E-state index is 12.0. The second-order valence-electron chi connectivity index (χ2n) is 4.96. The number of nitrogens with zero attached hydrogens (tertiary/aromatic N) is 3. The Morgan fingerprint density at radius 3 is 2.70 bits per heavy atom. The number of anilines is 1. The van der Waals surface area contributed by atoms with Gasteiger partial charge in [-0.2, -0.15) is 0 Å². The van der Waals surface area contributed by atoms with Gasteiger partial charge in [0.15, 0.2) is 0 Å². The highest BCUT2D eigenvalue weighted by Gasteiger charge is 2.21. The van der Waals surface area contributed by atoms with Crippen molar-refractivity contribution in [2.75, 3.05) is 31.1 Å². The van der Waals surface area contributed by atoms with Crippen LogP contribution in [0.25, 0.3) is 0 Å². The second-order valence-corrected chi connectivity index (χ2v) is 4.96. The zero-order chi connectivity index (χ0) is 14.4. The quantitative estimate of drug-likeness (QED) is 0.919. The highest BCUT2D eigenvalue weighted by atomic mass is 16.2. The van der Waals surface area contributed by atoms with Crippen LogP contribution in [0, 0.1) is 0 Å². The highest BCUT2D eigenvalue weighted by molar-refractivity contribution is 5.75. The Morgan fingerprint density at radius 1 is 1.35 bits per heavy atom. The van der Waals surface area contributed by atoms with Crippen molar-refractivity contribution in [3.8, 4) is 0 Å². The van der Waals surface area contributed by atoms with E-state index in [1.54, 1.807) is 12.4 Å². The lowest BCUT2D eigenvalue weighted by Crippen LogP contribution is -2.51. The molecule has 1 aliphatic heterocycles. The van der Waals surface area contributed by atoms with E-state index in [4.69, 9.17) is 0 Å². The zero-order valence-corrected chi connectivity index (χ0v) is 12.2. The summed E-state index contributed by atoms with van der Waals surface area (Å²) in [4.78, 5) is 20.4. The number of piperazine rings is 1. The van der Waals surface area contributed by atoms with Gasteiger partial charge in [0.25, 0.3) is 0 Å². The Morgan fingerprint density at radius 2 is 2.10 bits per heavy atom. The van der Waals surface area contributed by atoms with Gasteiger partial charge in [0.1, 0.15) is 5.82 Å². The summed E-state index contributed by atoms with van der Waals surface area (Å²) in [6.45, 7) is 7.17. The number of rotatable bonds is 3. The Kier molecular flexibility index (Phi) is 4.98. The van der Waals surface area contributed by atoms with Crippen LogP contribution in [-0.4, -0.2) is 42.1 Å². The molecule has 0 aliphatic carbocycles. The van der Waals surface area contributed by atoms with E-state index in [9.17, 15) is 4.79 Å². The van der Waals surface area contributed by atoms with Crippen LogP contribution in [0.2, 0.25) is 0 Å². The maximum Gasteiger partial charge on any atom is 0.321 e. The van der Waals surface area contributed by atoms with Crippen molar-refractivity contribution in [3.63, 3.8) is 0 Å². The summed E-state index contributed by atoms with van der Waals surface area (Å²) in [5.41, 5.74) is 1.17. The number of allylic oxidation sites excluding steroid dienone is 1. The Bertz CT molecular complexity index is 464. The van der Waals surface area contributed by atoms with Gasteiger partial charge in [0.05, 0.1) is 0 Å². The van der Waals surface area contributed by atoms with Crippen LogP contribution in [-0.2, 0) is 0 Å². The predicted octanol–water partition coefficient (Wildman–Crippen LogP) is 2.23. The van der Waals surface area contributed by atoms with Gasteiger partial charge in [-0.1, -0.05) is 18.6 Å². The fourth-order valence-corrected chi connectivity index (χ4v) is 2.06. The van der Waals surface area contributed by atoms with Gasteiger partial charge in [-0.15, -0.1) is 0 Å². The van der Waals surface area contributed by atoms with Crippen molar-refractivity contribution >= 4 is 11.8 Å². The molecule has 0 spiro atoms. The van der Waals surface area contributed by atoms with E-state index in [0.717, 1.165) is 38.4 Å². The van der Waals surface area contributed by atoms with E-state index < -0.39 is 0 Å². The average molecular weight is 274 g/mol. The fourth-order valence-electron chi connectivity index (χ4n) is 2.06. The summed E-state index contributed by atoms with van der Waals surface area (Å²) in [7, 11) is 0. The topological polar surface area (TPSA) is 48.5 Å². The molecular weight excluding hydrogens is 252 g/mol. The van der Waals surface area contributed by atoms with Crippen LogP contribution >= 0.6 is 0 Å². The molecule has 0 bridgehead atoms. The summed E-state index contributed by atoms with van der Waals surface area (Å²) in [6, 6.07) is 5.89. The third-order valence-corrected chi connectivity index (χ3v) is 3.54. The summed E-state index contributed by atoms with van der Waals surface area (Å²) >= 11 is 0. The van der Waals surface area contributed by atoms with Crippen LogP contribution in [0.15, 0.2) is 36.2 Å². The molecule has 108 valence electrons. The number of hydrogen-bond acceptors (Lipinski definition) is 3. The number of amides is 2. The first kappa shape index (κ1) is 14.4. The Balaban J connectivity index is 1.84. The molecule has 2 amide bonds. The first-order valence-corrected chi connectivity index (χ1v) is 7.07. The Hall–Kier alpha value is -2.04. The molecule has 0 atom stereocenters. The van der Waals surface area contributed by atoms with Crippen LogP contribution in [0.1, 0.15) is 20.3 Å². The predicted molar refractivity (Wildman–Crippen MR) is 80.6 cm³/mol. The van der Waals surface area contributed by atoms with Crippen LogP contribution in [0.3, 0.4) is 0 Å². The third kappa shape index (κ3) is 3.73. The number of nitrogens with one attached hydrogen (secondary N) is 1. The normalized spacial score (nSPS) is 16.2. The number of urea groups is 1. The van der Waals surface area contributed by atoms with Crippen molar-refractivity contribution in [1.82, 2.24) is 15.2 Å². The molecule has 0 radical (unpaired) electrons. The van der Waals surface area contributed by atoms with Crippen molar-refractivity contribution in [1.29, 1.82) is 0 Å². The fraction of sp³-hybridized carbons (Fsp3) is 0.467. The van der Waals surface area contributed by atoms with E-state index >= 15 is 0 Å². The van der Waals surface area contributed by atoms with Crippen molar-refractivity contribution in [3.05, 3.63) is 36.2 Å². The number of carbonyl (C=O) groups excluding carboxylic acids is 1.